The maximum atomic E-state index is 13.3. The minimum absolute atomic E-state index is 0.0585. The number of carbonyl (C=O) groups is 1. The predicted octanol–water partition coefficient (Wildman–Crippen LogP) is 1.55. The Morgan fingerprint density at radius 3 is 2.69 bits per heavy atom. The number of nitrogens with two attached hydrogens (primary N) is 1. The molecule has 4 heteroatoms. The van der Waals surface area contributed by atoms with Crippen LogP contribution in [0.5, 0.6) is 0 Å². The van der Waals surface area contributed by atoms with Crippen molar-refractivity contribution in [2.75, 3.05) is 13.6 Å². The second kappa shape index (κ2) is 5.07. The number of hydrogen-bond acceptors (Lipinski definition) is 2. The molecule has 0 heterocycles. The molecule has 0 aromatic heterocycles. The zero-order chi connectivity index (χ0) is 12.3. The quantitative estimate of drug-likeness (QED) is 0.846. The lowest BCUT2D eigenvalue weighted by Crippen LogP contribution is -2.39. The van der Waals surface area contributed by atoms with Gasteiger partial charge in [-0.25, -0.2) is 4.39 Å². The van der Waals surface area contributed by atoms with E-state index in [4.69, 9.17) is 5.73 Å². The third-order valence-electron chi connectivity index (χ3n) is 2.74. The summed E-state index contributed by atoms with van der Waals surface area (Å²) in [6.07, 6.45) is 0. The van der Waals surface area contributed by atoms with Gasteiger partial charge in [0.1, 0.15) is 5.82 Å². The zero-order valence-electron chi connectivity index (χ0n) is 9.83. The first-order chi connectivity index (χ1) is 7.47. The van der Waals surface area contributed by atoms with E-state index < -0.39 is 0 Å². The van der Waals surface area contributed by atoms with E-state index in [9.17, 15) is 9.18 Å². The fraction of sp³-hybridized carbons (Fsp3) is 0.417. The van der Waals surface area contributed by atoms with E-state index >= 15 is 0 Å². The van der Waals surface area contributed by atoms with Gasteiger partial charge in [0.2, 0.25) is 0 Å². The lowest BCUT2D eigenvalue weighted by molar-refractivity contribution is 0.0748. The van der Waals surface area contributed by atoms with Crippen LogP contribution in [-0.2, 0) is 0 Å². The maximum Gasteiger partial charge on any atom is 0.253 e. The minimum atomic E-state index is -0.361. The second-order valence-corrected chi connectivity index (χ2v) is 3.96. The van der Waals surface area contributed by atoms with Crippen molar-refractivity contribution in [1.82, 2.24) is 4.90 Å². The normalized spacial score (nSPS) is 12.3. The molecule has 1 aromatic rings. The highest BCUT2D eigenvalue weighted by Crippen LogP contribution is 2.11. The van der Waals surface area contributed by atoms with Crippen molar-refractivity contribution in [3.05, 3.63) is 35.1 Å². The summed E-state index contributed by atoms with van der Waals surface area (Å²) >= 11 is 0. The Balaban J connectivity index is 2.92. The standard InChI is InChI=1S/C12H17FN2O/c1-8-4-5-10(6-11(8)13)12(16)15(3)9(2)7-14/h4-6,9H,7,14H2,1-3H3. The molecular weight excluding hydrogens is 207 g/mol. The Kier molecular flexibility index (Phi) is 4.01. The number of amides is 1. The Hall–Kier alpha value is -1.42. The molecule has 0 aliphatic heterocycles. The second-order valence-electron chi connectivity index (χ2n) is 3.96. The first-order valence-electron chi connectivity index (χ1n) is 5.20. The summed E-state index contributed by atoms with van der Waals surface area (Å²) < 4.78 is 13.3. The summed E-state index contributed by atoms with van der Waals surface area (Å²) in [5.41, 5.74) is 6.36. The van der Waals surface area contributed by atoms with Gasteiger partial charge in [-0.3, -0.25) is 4.79 Å². The molecule has 0 bridgehead atoms. The van der Waals surface area contributed by atoms with Crippen molar-refractivity contribution in [3.63, 3.8) is 0 Å². The smallest absolute Gasteiger partial charge is 0.253 e. The Bertz CT molecular complexity index is 393. The van der Waals surface area contributed by atoms with Crippen LogP contribution in [0.1, 0.15) is 22.8 Å². The van der Waals surface area contributed by atoms with Crippen LogP contribution in [0.4, 0.5) is 4.39 Å². The van der Waals surface area contributed by atoms with Gasteiger partial charge in [-0.15, -0.1) is 0 Å². The fourth-order valence-corrected chi connectivity index (χ4v) is 1.29. The fourth-order valence-electron chi connectivity index (χ4n) is 1.29. The molecule has 0 radical (unpaired) electrons. The molecule has 0 saturated carbocycles. The summed E-state index contributed by atoms with van der Waals surface area (Å²) in [4.78, 5) is 13.4. The highest BCUT2D eigenvalue weighted by molar-refractivity contribution is 5.94. The SMILES string of the molecule is Cc1ccc(C(=O)N(C)C(C)CN)cc1F. The third-order valence-corrected chi connectivity index (χ3v) is 2.74. The average Bonchev–Trinajstić information content (AvgIpc) is 2.29. The number of halogens is 1. The topological polar surface area (TPSA) is 46.3 Å². The zero-order valence-corrected chi connectivity index (χ0v) is 9.83. The van der Waals surface area contributed by atoms with Crippen LogP contribution < -0.4 is 5.73 Å². The molecule has 1 unspecified atom stereocenters. The monoisotopic (exact) mass is 224 g/mol. The average molecular weight is 224 g/mol. The first-order valence-corrected chi connectivity index (χ1v) is 5.20. The summed E-state index contributed by atoms with van der Waals surface area (Å²) in [5.74, 6) is -0.573. The molecule has 1 aromatic carbocycles. The van der Waals surface area contributed by atoms with Crippen LogP contribution >= 0.6 is 0 Å². The minimum Gasteiger partial charge on any atom is -0.338 e. The van der Waals surface area contributed by atoms with Crippen molar-refractivity contribution in [3.8, 4) is 0 Å². The van der Waals surface area contributed by atoms with Crippen LogP contribution in [0.3, 0.4) is 0 Å². The van der Waals surface area contributed by atoms with Gasteiger partial charge in [0.15, 0.2) is 0 Å². The van der Waals surface area contributed by atoms with Gasteiger partial charge in [-0.05, 0) is 31.5 Å². The number of carbonyl (C=O) groups excluding carboxylic acids is 1. The largest absolute Gasteiger partial charge is 0.338 e. The van der Waals surface area contributed by atoms with Gasteiger partial charge in [-0.1, -0.05) is 6.07 Å². The summed E-state index contributed by atoms with van der Waals surface area (Å²) in [7, 11) is 1.66. The molecule has 1 amide bonds. The first kappa shape index (κ1) is 12.6. The molecule has 0 aliphatic carbocycles. The van der Waals surface area contributed by atoms with E-state index in [1.54, 1.807) is 26.1 Å². The van der Waals surface area contributed by atoms with E-state index in [1.807, 2.05) is 6.92 Å². The van der Waals surface area contributed by atoms with Gasteiger partial charge >= 0.3 is 0 Å². The van der Waals surface area contributed by atoms with Gasteiger partial charge in [0, 0.05) is 25.2 Å². The molecule has 3 nitrogen and oxygen atoms in total. The molecule has 0 saturated heterocycles. The van der Waals surface area contributed by atoms with E-state index in [1.165, 1.54) is 11.0 Å². The summed E-state index contributed by atoms with van der Waals surface area (Å²) in [6.45, 7) is 3.90. The molecular formula is C12H17FN2O. The van der Waals surface area contributed by atoms with E-state index in [-0.39, 0.29) is 17.8 Å². The van der Waals surface area contributed by atoms with E-state index in [0.29, 0.717) is 17.7 Å². The molecule has 0 aliphatic rings. The van der Waals surface area contributed by atoms with Crippen molar-refractivity contribution in [1.29, 1.82) is 0 Å². The third kappa shape index (κ3) is 2.58. The molecule has 16 heavy (non-hydrogen) atoms. The lowest BCUT2D eigenvalue weighted by atomic mass is 10.1. The molecule has 0 fully saturated rings. The van der Waals surface area contributed by atoms with Crippen molar-refractivity contribution < 1.29 is 9.18 Å². The maximum absolute atomic E-state index is 13.3. The van der Waals surface area contributed by atoms with Crippen LogP contribution in [0.25, 0.3) is 0 Å². The molecule has 1 rings (SSSR count). The highest BCUT2D eigenvalue weighted by Gasteiger charge is 2.16. The van der Waals surface area contributed by atoms with E-state index in [0.717, 1.165) is 0 Å². The highest BCUT2D eigenvalue weighted by atomic mass is 19.1. The van der Waals surface area contributed by atoms with Gasteiger partial charge in [0.25, 0.3) is 5.91 Å². The number of hydrogen-bond donors (Lipinski definition) is 1. The Morgan fingerprint density at radius 1 is 1.56 bits per heavy atom. The molecule has 2 N–H and O–H groups in total. The van der Waals surface area contributed by atoms with E-state index in [2.05, 4.69) is 0 Å². The van der Waals surface area contributed by atoms with Crippen LogP contribution in [-0.4, -0.2) is 30.4 Å². The lowest BCUT2D eigenvalue weighted by Gasteiger charge is -2.23. The number of aryl methyl sites for hydroxylation is 1. The van der Waals surface area contributed by atoms with Crippen molar-refractivity contribution in [2.24, 2.45) is 5.73 Å². The predicted molar refractivity (Wildman–Crippen MR) is 61.7 cm³/mol. The van der Waals surface area contributed by atoms with Gasteiger partial charge in [0.05, 0.1) is 0 Å². The van der Waals surface area contributed by atoms with Gasteiger partial charge < -0.3 is 10.6 Å². The number of rotatable bonds is 3. The number of likely N-dealkylation sites (N-methyl/N-ethyl adjacent to an activating group) is 1. The molecule has 1 atom stereocenters. The molecule has 0 spiro atoms. The Labute approximate surface area is 95.0 Å². The summed E-state index contributed by atoms with van der Waals surface area (Å²) in [5, 5.41) is 0. The number of nitrogens with zero attached hydrogens (tertiary/aromatic N) is 1. The van der Waals surface area contributed by atoms with Crippen molar-refractivity contribution >= 4 is 5.91 Å². The van der Waals surface area contributed by atoms with Crippen LogP contribution in [0, 0.1) is 12.7 Å². The Morgan fingerprint density at radius 2 is 2.19 bits per heavy atom. The summed E-state index contributed by atoms with van der Waals surface area (Å²) in [6, 6.07) is 4.43. The van der Waals surface area contributed by atoms with Gasteiger partial charge in [-0.2, -0.15) is 0 Å². The number of benzene rings is 1. The van der Waals surface area contributed by atoms with Crippen LogP contribution in [0.2, 0.25) is 0 Å². The van der Waals surface area contributed by atoms with Crippen LogP contribution in [0.15, 0.2) is 18.2 Å². The van der Waals surface area contributed by atoms with Crippen molar-refractivity contribution in [2.45, 2.75) is 19.9 Å². The molecule has 88 valence electrons.